The van der Waals surface area contributed by atoms with Gasteiger partial charge in [-0.3, -0.25) is 0 Å². The summed E-state index contributed by atoms with van der Waals surface area (Å²) in [4.78, 5) is 17.7. The fraction of sp³-hybridized carbons (Fsp3) is 0.471. The van der Waals surface area contributed by atoms with Crippen molar-refractivity contribution in [1.29, 1.82) is 0 Å². The van der Waals surface area contributed by atoms with Gasteiger partial charge in [0.2, 0.25) is 5.88 Å². The average Bonchev–Trinajstić information content (AvgIpc) is 2.60. The molecular formula is C17H22ClN5OS. The predicted molar refractivity (Wildman–Crippen MR) is 102 cm³/mol. The summed E-state index contributed by atoms with van der Waals surface area (Å²) in [6.45, 7) is 9.06. The van der Waals surface area contributed by atoms with Crippen LogP contribution < -0.4 is 4.90 Å². The number of aryl methyl sites for hydroxylation is 1. The van der Waals surface area contributed by atoms with Gasteiger partial charge in [-0.05, 0) is 19.5 Å². The standard InChI is InChI=1S/C17H22ClN5OS/c1-3-22-6-8-23(9-7-22)16-13(4-5-14(18)20-16)11-25-17-19-12(2)10-15(24)21-17/h4-5,10H,3,6-9,11H2,1-2H3,(H,19,21,24). The highest BCUT2D eigenvalue weighted by atomic mass is 35.5. The third kappa shape index (κ3) is 4.74. The maximum absolute atomic E-state index is 9.63. The number of nitrogens with zero attached hydrogens (tertiary/aromatic N) is 5. The maximum atomic E-state index is 9.63. The van der Waals surface area contributed by atoms with Crippen LogP contribution in [0.15, 0.2) is 23.4 Å². The van der Waals surface area contributed by atoms with Crippen LogP contribution in [-0.4, -0.2) is 57.7 Å². The van der Waals surface area contributed by atoms with E-state index >= 15 is 0 Å². The molecule has 1 aliphatic heterocycles. The Hall–Kier alpha value is -1.57. The van der Waals surface area contributed by atoms with Crippen LogP contribution in [0.2, 0.25) is 5.15 Å². The summed E-state index contributed by atoms with van der Waals surface area (Å²) in [6, 6.07) is 5.38. The summed E-state index contributed by atoms with van der Waals surface area (Å²) in [5.41, 5.74) is 1.85. The molecule has 1 saturated heterocycles. The first-order valence-corrected chi connectivity index (χ1v) is 9.71. The molecule has 3 rings (SSSR count). The molecule has 0 unspecified atom stereocenters. The second kappa shape index (κ2) is 8.21. The van der Waals surface area contributed by atoms with E-state index in [1.807, 2.05) is 19.1 Å². The van der Waals surface area contributed by atoms with E-state index in [4.69, 9.17) is 11.6 Å². The Balaban J connectivity index is 1.75. The van der Waals surface area contributed by atoms with E-state index < -0.39 is 0 Å². The minimum absolute atomic E-state index is 0.000132. The summed E-state index contributed by atoms with van der Waals surface area (Å²) in [7, 11) is 0. The Morgan fingerprint density at radius 2 is 1.92 bits per heavy atom. The molecule has 134 valence electrons. The van der Waals surface area contributed by atoms with Gasteiger partial charge in [-0.2, -0.15) is 4.98 Å². The second-order valence-electron chi connectivity index (χ2n) is 5.98. The van der Waals surface area contributed by atoms with Crippen LogP contribution >= 0.6 is 23.4 Å². The van der Waals surface area contributed by atoms with Crippen LogP contribution in [0.3, 0.4) is 0 Å². The first kappa shape index (κ1) is 18.2. The van der Waals surface area contributed by atoms with Crippen molar-refractivity contribution in [3.8, 4) is 5.88 Å². The van der Waals surface area contributed by atoms with Gasteiger partial charge in [0.25, 0.3) is 0 Å². The van der Waals surface area contributed by atoms with Crippen LogP contribution in [0.1, 0.15) is 18.2 Å². The third-order valence-corrected chi connectivity index (χ3v) is 5.32. The zero-order valence-corrected chi connectivity index (χ0v) is 16.0. The van der Waals surface area contributed by atoms with E-state index in [0.717, 1.165) is 49.8 Å². The van der Waals surface area contributed by atoms with E-state index in [9.17, 15) is 5.11 Å². The fourth-order valence-electron chi connectivity index (χ4n) is 2.85. The summed E-state index contributed by atoms with van der Waals surface area (Å²) < 4.78 is 0. The quantitative estimate of drug-likeness (QED) is 0.486. The van der Waals surface area contributed by atoms with Gasteiger partial charge in [0.05, 0.1) is 0 Å². The highest BCUT2D eigenvalue weighted by Crippen LogP contribution is 2.28. The zero-order chi connectivity index (χ0) is 17.8. The number of hydrogen-bond donors (Lipinski definition) is 1. The predicted octanol–water partition coefficient (Wildman–Crippen LogP) is 2.97. The molecule has 0 amide bonds. The molecule has 0 saturated carbocycles. The summed E-state index contributed by atoms with van der Waals surface area (Å²) >= 11 is 7.63. The van der Waals surface area contributed by atoms with Gasteiger partial charge >= 0.3 is 0 Å². The molecule has 8 heteroatoms. The Morgan fingerprint density at radius 1 is 1.16 bits per heavy atom. The van der Waals surface area contributed by atoms with Crippen molar-refractivity contribution in [3.63, 3.8) is 0 Å². The van der Waals surface area contributed by atoms with Crippen LogP contribution in [0, 0.1) is 6.92 Å². The van der Waals surface area contributed by atoms with Crippen LogP contribution in [-0.2, 0) is 5.75 Å². The summed E-state index contributed by atoms with van der Waals surface area (Å²) in [5.74, 6) is 1.61. The number of anilines is 1. The van der Waals surface area contributed by atoms with Crippen molar-refractivity contribution in [2.75, 3.05) is 37.6 Å². The lowest BCUT2D eigenvalue weighted by atomic mass is 10.2. The van der Waals surface area contributed by atoms with Crippen LogP contribution in [0.25, 0.3) is 0 Å². The highest BCUT2D eigenvalue weighted by molar-refractivity contribution is 7.98. The van der Waals surface area contributed by atoms with E-state index in [0.29, 0.717) is 16.1 Å². The first-order chi connectivity index (χ1) is 12.0. The lowest BCUT2D eigenvalue weighted by Crippen LogP contribution is -2.46. The number of thioether (sulfide) groups is 1. The molecule has 0 spiro atoms. The minimum Gasteiger partial charge on any atom is -0.493 e. The van der Waals surface area contributed by atoms with E-state index in [-0.39, 0.29) is 5.88 Å². The molecule has 1 N–H and O–H groups in total. The largest absolute Gasteiger partial charge is 0.493 e. The van der Waals surface area contributed by atoms with E-state index in [1.165, 1.54) is 11.8 Å². The Labute approximate surface area is 157 Å². The van der Waals surface area contributed by atoms with Gasteiger partial charge in [0, 0.05) is 49.3 Å². The maximum Gasteiger partial charge on any atom is 0.215 e. The van der Waals surface area contributed by atoms with Gasteiger partial charge < -0.3 is 14.9 Å². The monoisotopic (exact) mass is 379 g/mol. The Morgan fingerprint density at radius 3 is 2.60 bits per heavy atom. The molecule has 0 aromatic carbocycles. The van der Waals surface area contributed by atoms with Crippen LogP contribution in [0.5, 0.6) is 5.88 Å². The highest BCUT2D eigenvalue weighted by Gasteiger charge is 2.20. The van der Waals surface area contributed by atoms with Gasteiger partial charge in [-0.15, -0.1) is 0 Å². The van der Waals surface area contributed by atoms with E-state index in [1.54, 1.807) is 6.07 Å². The van der Waals surface area contributed by atoms with Crippen molar-refractivity contribution in [2.45, 2.75) is 24.8 Å². The zero-order valence-electron chi connectivity index (χ0n) is 14.4. The fourth-order valence-corrected chi connectivity index (χ4v) is 3.87. The molecule has 0 aliphatic carbocycles. The van der Waals surface area contributed by atoms with Crippen molar-refractivity contribution < 1.29 is 5.11 Å². The van der Waals surface area contributed by atoms with Crippen molar-refractivity contribution in [1.82, 2.24) is 19.9 Å². The topological polar surface area (TPSA) is 65.4 Å². The molecule has 2 aromatic heterocycles. The van der Waals surface area contributed by atoms with Gasteiger partial charge in [-0.1, -0.05) is 36.4 Å². The third-order valence-electron chi connectivity index (χ3n) is 4.22. The van der Waals surface area contributed by atoms with Crippen LogP contribution in [0.4, 0.5) is 5.82 Å². The molecule has 0 radical (unpaired) electrons. The average molecular weight is 380 g/mol. The number of rotatable bonds is 5. The lowest BCUT2D eigenvalue weighted by molar-refractivity contribution is 0.270. The minimum atomic E-state index is 0.000132. The smallest absolute Gasteiger partial charge is 0.215 e. The molecule has 0 bridgehead atoms. The Kier molecular flexibility index (Phi) is 5.98. The normalized spacial score (nSPS) is 15.6. The molecule has 25 heavy (non-hydrogen) atoms. The van der Waals surface area contributed by atoms with Crippen molar-refractivity contribution >= 4 is 29.2 Å². The lowest BCUT2D eigenvalue weighted by Gasteiger charge is -2.35. The van der Waals surface area contributed by atoms with Crippen molar-refractivity contribution in [3.05, 3.63) is 34.6 Å². The molecule has 6 nitrogen and oxygen atoms in total. The number of piperazine rings is 1. The van der Waals surface area contributed by atoms with E-state index in [2.05, 4.69) is 31.7 Å². The second-order valence-corrected chi connectivity index (χ2v) is 7.31. The molecule has 2 aromatic rings. The number of aromatic hydroxyl groups is 1. The molecule has 3 heterocycles. The van der Waals surface area contributed by atoms with Gasteiger partial charge in [0.1, 0.15) is 11.0 Å². The summed E-state index contributed by atoms with van der Waals surface area (Å²) in [5, 5.41) is 10.7. The summed E-state index contributed by atoms with van der Waals surface area (Å²) in [6.07, 6.45) is 0. The van der Waals surface area contributed by atoms with Gasteiger partial charge in [-0.25, -0.2) is 9.97 Å². The van der Waals surface area contributed by atoms with Gasteiger partial charge in [0.15, 0.2) is 5.16 Å². The first-order valence-electron chi connectivity index (χ1n) is 8.35. The molecule has 1 fully saturated rings. The Bertz CT molecular complexity index is 717. The molecule has 0 atom stereocenters. The van der Waals surface area contributed by atoms with Crippen molar-refractivity contribution in [2.24, 2.45) is 0 Å². The SMILES string of the molecule is CCN1CCN(c2nc(Cl)ccc2CSc2nc(C)cc(O)n2)CC1. The number of aromatic nitrogens is 3. The number of halogens is 1. The number of likely N-dealkylation sites (N-methyl/N-ethyl adjacent to an activating group) is 1. The number of hydrogen-bond acceptors (Lipinski definition) is 7. The number of pyridine rings is 1. The molecular weight excluding hydrogens is 358 g/mol. The molecule has 1 aliphatic rings.